The molecule has 2 N–H and O–H groups in total. The highest BCUT2D eigenvalue weighted by Crippen LogP contribution is 2.46. The maximum Gasteiger partial charge on any atom is 0.159 e. The average Bonchev–Trinajstić information content (AvgIpc) is 3.29. The van der Waals surface area contributed by atoms with E-state index in [2.05, 4.69) is 23.2 Å². The van der Waals surface area contributed by atoms with E-state index >= 15 is 0 Å². The maximum atomic E-state index is 12.7. The van der Waals surface area contributed by atoms with Crippen LogP contribution in [0.1, 0.15) is 16.8 Å². The summed E-state index contributed by atoms with van der Waals surface area (Å²) in [5, 5.41) is 13.7. The minimum Gasteiger partial charge on any atom is -0.497 e. The Labute approximate surface area is 193 Å². The molecule has 1 aromatic heterocycles. The standard InChI is InChI=1S/C29H25NO3/c1-32-22-18-16-21(17-19-22)29(31,24-13-7-9-15-26(24)33-2)28-27(20-10-4-3-5-11-20)23-12-6-8-14-25(23)30-28/h3-19,30-31H,1-2H3. The lowest BCUT2D eigenvalue weighted by Crippen LogP contribution is -2.30. The smallest absolute Gasteiger partial charge is 0.159 e. The number of hydrogen-bond donors (Lipinski definition) is 2. The van der Waals surface area contributed by atoms with Gasteiger partial charge in [-0.2, -0.15) is 0 Å². The number of nitrogens with one attached hydrogen (secondary N) is 1. The number of aromatic nitrogens is 1. The Bertz CT molecular complexity index is 1390. The van der Waals surface area contributed by atoms with Crippen molar-refractivity contribution in [1.29, 1.82) is 0 Å². The molecule has 4 nitrogen and oxygen atoms in total. The fraction of sp³-hybridized carbons (Fsp3) is 0.103. The highest BCUT2D eigenvalue weighted by atomic mass is 16.5. The van der Waals surface area contributed by atoms with Gasteiger partial charge in [0.2, 0.25) is 0 Å². The molecule has 0 radical (unpaired) electrons. The van der Waals surface area contributed by atoms with Crippen molar-refractivity contribution in [3.8, 4) is 22.6 Å². The first-order chi connectivity index (χ1) is 16.2. The zero-order chi connectivity index (χ0) is 22.8. The van der Waals surface area contributed by atoms with Crippen molar-refractivity contribution in [3.05, 3.63) is 120 Å². The molecule has 0 aliphatic carbocycles. The number of methoxy groups -OCH3 is 2. The predicted octanol–water partition coefficient (Wildman–Crippen LogP) is 6.14. The molecule has 4 aromatic carbocycles. The Kier molecular flexibility index (Phi) is 5.37. The second-order valence-electron chi connectivity index (χ2n) is 7.93. The lowest BCUT2D eigenvalue weighted by Gasteiger charge is -2.31. The molecule has 1 unspecified atom stereocenters. The van der Waals surface area contributed by atoms with Crippen LogP contribution in [0, 0.1) is 0 Å². The van der Waals surface area contributed by atoms with E-state index in [4.69, 9.17) is 9.47 Å². The predicted molar refractivity (Wildman–Crippen MR) is 132 cm³/mol. The van der Waals surface area contributed by atoms with Crippen LogP contribution in [0.3, 0.4) is 0 Å². The lowest BCUT2D eigenvalue weighted by atomic mass is 9.80. The van der Waals surface area contributed by atoms with Gasteiger partial charge in [-0.3, -0.25) is 0 Å². The molecule has 5 rings (SSSR count). The summed E-state index contributed by atoms with van der Waals surface area (Å²) in [5.41, 5.74) is 3.46. The maximum absolute atomic E-state index is 12.7. The van der Waals surface area contributed by atoms with Crippen molar-refractivity contribution in [2.45, 2.75) is 5.60 Å². The minimum absolute atomic E-state index is 0.605. The van der Waals surface area contributed by atoms with Gasteiger partial charge in [-0.25, -0.2) is 0 Å². The van der Waals surface area contributed by atoms with Crippen LogP contribution in [0.2, 0.25) is 0 Å². The van der Waals surface area contributed by atoms with Crippen molar-refractivity contribution in [1.82, 2.24) is 4.98 Å². The first kappa shape index (κ1) is 20.9. The van der Waals surface area contributed by atoms with Gasteiger partial charge in [0.15, 0.2) is 5.60 Å². The number of ether oxygens (including phenoxy) is 2. The van der Waals surface area contributed by atoms with Crippen molar-refractivity contribution in [2.24, 2.45) is 0 Å². The van der Waals surface area contributed by atoms with E-state index in [1.807, 2.05) is 84.9 Å². The topological polar surface area (TPSA) is 54.5 Å². The fourth-order valence-electron chi connectivity index (χ4n) is 4.53. The molecular weight excluding hydrogens is 410 g/mol. The molecule has 164 valence electrons. The molecule has 0 aliphatic heterocycles. The lowest BCUT2D eigenvalue weighted by molar-refractivity contribution is 0.118. The molecule has 33 heavy (non-hydrogen) atoms. The van der Waals surface area contributed by atoms with Crippen LogP contribution in [0.4, 0.5) is 0 Å². The normalized spacial score (nSPS) is 12.9. The highest BCUT2D eigenvalue weighted by Gasteiger charge is 2.40. The van der Waals surface area contributed by atoms with Crippen LogP contribution in [-0.2, 0) is 5.60 Å². The zero-order valence-electron chi connectivity index (χ0n) is 18.6. The Morgan fingerprint density at radius 2 is 1.36 bits per heavy atom. The largest absolute Gasteiger partial charge is 0.497 e. The summed E-state index contributed by atoms with van der Waals surface area (Å²) in [6, 6.07) is 33.4. The van der Waals surface area contributed by atoms with E-state index in [0.717, 1.165) is 27.8 Å². The van der Waals surface area contributed by atoms with Crippen LogP contribution >= 0.6 is 0 Å². The number of aromatic amines is 1. The molecular formula is C29H25NO3. The second kappa shape index (κ2) is 8.49. The molecule has 1 atom stereocenters. The summed E-state index contributed by atoms with van der Waals surface area (Å²) in [7, 11) is 3.25. The van der Waals surface area contributed by atoms with Crippen molar-refractivity contribution >= 4 is 10.9 Å². The third kappa shape index (κ3) is 3.45. The zero-order valence-corrected chi connectivity index (χ0v) is 18.6. The number of H-pyrrole nitrogens is 1. The van der Waals surface area contributed by atoms with E-state index in [9.17, 15) is 5.11 Å². The van der Waals surface area contributed by atoms with Gasteiger partial charge in [0, 0.05) is 22.0 Å². The van der Waals surface area contributed by atoms with Gasteiger partial charge in [0.25, 0.3) is 0 Å². The van der Waals surface area contributed by atoms with Gasteiger partial charge < -0.3 is 19.6 Å². The monoisotopic (exact) mass is 435 g/mol. The number of rotatable bonds is 6. The van der Waals surface area contributed by atoms with Crippen LogP contribution in [0.5, 0.6) is 11.5 Å². The summed E-state index contributed by atoms with van der Waals surface area (Å²) >= 11 is 0. The Morgan fingerprint density at radius 1 is 0.697 bits per heavy atom. The Balaban J connectivity index is 1.89. The minimum atomic E-state index is -1.51. The fourth-order valence-corrected chi connectivity index (χ4v) is 4.53. The van der Waals surface area contributed by atoms with Gasteiger partial charge in [-0.05, 0) is 35.4 Å². The van der Waals surface area contributed by atoms with E-state index in [1.54, 1.807) is 14.2 Å². The van der Waals surface area contributed by atoms with Crippen LogP contribution in [0.25, 0.3) is 22.0 Å². The molecule has 4 heteroatoms. The molecule has 0 fully saturated rings. The quantitative estimate of drug-likeness (QED) is 0.337. The van der Waals surface area contributed by atoms with Crippen LogP contribution < -0.4 is 9.47 Å². The van der Waals surface area contributed by atoms with Gasteiger partial charge in [0.1, 0.15) is 11.5 Å². The third-order valence-corrected chi connectivity index (χ3v) is 6.13. The van der Waals surface area contributed by atoms with Crippen molar-refractivity contribution in [2.75, 3.05) is 14.2 Å². The molecule has 0 spiro atoms. The van der Waals surface area contributed by atoms with E-state index in [1.165, 1.54) is 0 Å². The molecule has 1 heterocycles. The van der Waals surface area contributed by atoms with Gasteiger partial charge in [-0.15, -0.1) is 0 Å². The average molecular weight is 436 g/mol. The summed E-state index contributed by atoms with van der Waals surface area (Å²) in [5.74, 6) is 1.33. The summed E-state index contributed by atoms with van der Waals surface area (Å²) < 4.78 is 11.1. The van der Waals surface area contributed by atoms with Crippen molar-refractivity contribution < 1.29 is 14.6 Å². The van der Waals surface area contributed by atoms with E-state index < -0.39 is 5.60 Å². The number of fused-ring (bicyclic) bond motifs is 1. The van der Waals surface area contributed by atoms with Crippen molar-refractivity contribution in [3.63, 3.8) is 0 Å². The summed E-state index contributed by atoms with van der Waals surface area (Å²) in [6.07, 6.45) is 0. The molecule has 5 aromatic rings. The molecule has 0 saturated heterocycles. The van der Waals surface area contributed by atoms with E-state index in [-0.39, 0.29) is 0 Å². The van der Waals surface area contributed by atoms with Gasteiger partial charge in [-0.1, -0.05) is 78.9 Å². The van der Waals surface area contributed by atoms with Crippen LogP contribution in [-0.4, -0.2) is 24.3 Å². The first-order valence-corrected chi connectivity index (χ1v) is 10.8. The number of para-hydroxylation sites is 2. The Hall–Kier alpha value is -4.02. The number of benzene rings is 4. The molecule has 0 bridgehead atoms. The molecule has 0 amide bonds. The summed E-state index contributed by atoms with van der Waals surface area (Å²) in [6.45, 7) is 0. The highest BCUT2D eigenvalue weighted by molar-refractivity contribution is 5.98. The summed E-state index contributed by atoms with van der Waals surface area (Å²) in [4.78, 5) is 3.54. The number of hydrogen-bond acceptors (Lipinski definition) is 3. The first-order valence-electron chi connectivity index (χ1n) is 10.8. The number of aliphatic hydroxyl groups is 1. The molecule has 0 aliphatic rings. The second-order valence-corrected chi connectivity index (χ2v) is 7.93. The Morgan fingerprint density at radius 3 is 2.09 bits per heavy atom. The molecule has 0 saturated carbocycles. The van der Waals surface area contributed by atoms with Gasteiger partial charge >= 0.3 is 0 Å². The van der Waals surface area contributed by atoms with Gasteiger partial charge in [0.05, 0.1) is 19.9 Å². The third-order valence-electron chi connectivity index (χ3n) is 6.13. The van der Waals surface area contributed by atoms with E-state index in [0.29, 0.717) is 22.6 Å². The van der Waals surface area contributed by atoms with Crippen LogP contribution in [0.15, 0.2) is 103 Å². The SMILES string of the molecule is COc1ccc(C(O)(c2ccccc2OC)c2[nH]c3ccccc3c2-c2ccccc2)cc1.